The van der Waals surface area contributed by atoms with E-state index in [9.17, 15) is 9.18 Å². The fourth-order valence-electron chi connectivity index (χ4n) is 3.85. The van der Waals surface area contributed by atoms with Gasteiger partial charge in [0.2, 0.25) is 0 Å². The minimum absolute atomic E-state index is 0.168. The van der Waals surface area contributed by atoms with Gasteiger partial charge in [0.1, 0.15) is 5.82 Å². The van der Waals surface area contributed by atoms with Crippen molar-refractivity contribution in [3.05, 3.63) is 34.1 Å². The summed E-state index contributed by atoms with van der Waals surface area (Å²) >= 11 is 3.24. The van der Waals surface area contributed by atoms with Crippen LogP contribution in [0.2, 0.25) is 0 Å². The quantitative estimate of drug-likeness (QED) is 0.881. The summed E-state index contributed by atoms with van der Waals surface area (Å²) in [4.78, 5) is 14.7. The average Bonchev–Trinajstić information content (AvgIpc) is 3.08. The molecule has 0 bridgehead atoms. The Balaban J connectivity index is 1.80. The number of carbonyl (C=O) groups is 1. The third-order valence-corrected chi connectivity index (χ3v) is 5.50. The zero-order valence-corrected chi connectivity index (χ0v) is 14.5. The average molecular weight is 369 g/mol. The van der Waals surface area contributed by atoms with Crippen molar-refractivity contribution >= 4 is 21.8 Å². The Labute approximate surface area is 139 Å². The lowest BCUT2D eigenvalue weighted by Gasteiger charge is -2.37. The lowest BCUT2D eigenvalue weighted by atomic mass is 9.89. The van der Waals surface area contributed by atoms with Gasteiger partial charge >= 0.3 is 0 Å². The minimum atomic E-state index is -0.451. The molecule has 0 aromatic heterocycles. The molecule has 1 aromatic carbocycles. The molecular formula is C17H22BrFN2O. The van der Waals surface area contributed by atoms with Crippen LogP contribution < -0.4 is 5.32 Å². The van der Waals surface area contributed by atoms with Gasteiger partial charge in [-0.1, -0.05) is 15.9 Å². The summed E-state index contributed by atoms with van der Waals surface area (Å²) in [6.45, 7) is 3.93. The highest BCUT2D eigenvalue weighted by atomic mass is 79.9. The maximum Gasteiger partial charge on any atom is 0.257 e. The van der Waals surface area contributed by atoms with E-state index < -0.39 is 5.82 Å². The van der Waals surface area contributed by atoms with Gasteiger partial charge in [0.05, 0.1) is 5.56 Å². The van der Waals surface area contributed by atoms with Crippen LogP contribution >= 0.6 is 15.9 Å². The highest BCUT2D eigenvalue weighted by Gasteiger charge is 2.42. The number of rotatable bonds is 3. The second-order valence-electron chi connectivity index (χ2n) is 6.68. The molecule has 120 valence electrons. The number of nitrogens with zero attached hydrogens (tertiary/aromatic N) is 1. The second-order valence-corrected chi connectivity index (χ2v) is 7.59. The fraction of sp³-hybridized carbons (Fsp3) is 0.588. The Bertz CT molecular complexity index is 574. The highest BCUT2D eigenvalue weighted by Crippen LogP contribution is 2.36. The molecule has 22 heavy (non-hydrogen) atoms. The lowest BCUT2D eigenvalue weighted by Crippen LogP contribution is -2.48. The van der Waals surface area contributed by atoms with Gasteiger partial charge in [-0.25, -0.2) is 4.39 Å². The molecule has 1 N–H and O–H groups in total. The van der Waals surface area contributed by atoms with Gasteiger partial charge < -0.3 is 10.2 Å². The molecule has 0 radical (unpaired) electrons. The van der Waals surface area contributed by atoms with Crippen molar-refractivity contribution in [2.45, 2.75) is 50.6 Å². The molecular weight excluding hydrogens is 347 g/mol. The molecule has 1 aromatic rings. The van der Waals surface area contributed by atoms with E-state index in [4.69, 9.17) is 0 Å². The molecule has 2 aliphatic rings. The first-order chi connectivity index (χ1) is 10.5. The lowest BCUT2D eigenvalue weighted by molar-refractivity contribution is 0.0588. The smallest absolute Gasteiger partial charge is 0.257 e. The summed E-state index contributed by atoms with van der Waals surface area (Å²) in [5, 5.41) is 3.51. The van der Waals surface area contributed by atoms with E-state index in [0.29, 0.717) is 10.5 Å². The first-order valence-corrected chi connectivity index (χ1v) is 8.79. The number of likely N-dealkylation sites (tertiary alicyclic amines) is 1. The molecule has 2 saturated heterocycles. The Hall–Kier alpha value is -0.940. The van der Waals surface area contributed by atoms with Crippen molar-refractivity contribution in [3.8, 4) is 0 Å². The molecule has 0 saturated carbocycles. The van der Waals surface area contributed by atoms with Gasteiger partial charge in [-0.15, -0.1) is 0 Å². The van der Waals surface area contributed by atoms with Crippen molar-refractivity contribution in [2.24, 2.45) is 0 Å². The summed E-state index contributed by atoms with van der Waals surface area (Å²) < 4.78 is 14.8. The molecule has 0 aliphatic carbocycles. The molecule has 2 aliphatic heterocycles. The number of amides is 1. The standard InChI is InChI=1S/C17H22BrFN2O/c1-17(11-13-4-2-8-20-13)7-3-9-21(17)16(22)14-6-5-12(18)10-15(14)19/h5-6,10,13,20H,2-4,7-9,11H2,1H3/t13-,17+/m0/s1. The number of carbonyl (C=O) groups excluding carboxylic acids is 1. The van der Waals surface area contributed by atoms with E-state index >= 15 is 0 Å². The molecule has 2 fully saturated rings. The summed E-state index contributed by atoms with van der Waals surface area (Å²) in [5.41, 5.74) is 0.00853. The van der Waals surface area contributed by atoms with Crippen molar-refractivity contribution in [1.82, 2.24) is 10.2 Å². The van der Waals surface area contributed by atoms with E-state index in [-0.39, 0.29) is 17.0 Å². The van der Waals surface area contributed by atoms with Crippen LogP contribution in [0.4, 0.5) is 4.39 Å². The van der Waals surface area contributed by atoms with Crippen molar-refractivity contribution < 1.29 is 9.18 Å². The van der Waals surface area contributed by atoms with Crippen molar-refractivity contribution in [2.75, 3.05) is 13.1 Å². The molecule has 0 spiro atoms. The molecule has 3 nitrogen and oxygen atoms in total. The number of nitrogens with one attached hydrogen (secondary N) is 1. The van der Waals surface area contributed by atoms with Gasteiger partial charge in [0.15, 0.2) is 0 Å². The van der Waals surface area contributed by atoms with E-state index in [1.807, 2.05) is 4.90 Å². The van der Waals surface area contributed by atoms with Crippen LogP contribution in [0.25, 0.3) is 0 Å². The van der Waals surface area contributed by atoms with Crippen LogP contribution in [0.1, 0.15) is 49.4 Å². The number of hydrogen-bond donors (Lipinski definition) is 1. The van der Waals surface area contributed by atoms with Crippen LogP contribution in [0, 0.1) is 5.82 Å². The highest BCUT2D eigenvalue weighted by molar-refractivity contribution is 9.10. The van der Waals surface area contributed by atoms with Gasteiger partial charge in [-0.05, 0) is 63.8 Å². The van der Waals surface area contributed by atoms with Crippen LogP contribution in [-0.4, -0.2) is 35.5 Å². The number of halogens is 2. The van der Waals surface area contributed by atoms with E-state index in [0.717, 1.165) is 32.4 Å². The zero-order chi connectivity index (χ0) is 15.7. The predicted molar refractivity (Wildman–Crippen MR) is 88.4 cm³/mol. The number of benzene rings is 1. The predicted octanol–water partition coefficient (Wildman–Crippen LogP) is 3.73. The molecule has 3 rings (SSSR count). The van der Waals surface area contributed by atoms with E-state index in [1.165, 1.54) is 18.9 Å². The Morgan fingerprint density at radius 3 is 3.00 bits per heavy atom. The van der Waals surface area contributed by atoms with Crippen LogP contribution in [0.5, 0.6) is 0 Å². The maximum absolute atomic E-state index is 14.1. The largest absolute Gasteiger partial charge is 0.333 e. The third-order valence-electron chi connectivity index (χ3n) is 5.00. The van der Waals surface area contributed by atoms with E-state index in [2.05, 4.69) is 28.2 Å². The monoisotopic (exact) mass is 368 g/mol. The number of hydrogen-bond acceptors (Lipinski definition) is 2. The normalized spacial score (nSPS) is 28.3. The summed E-state index contributed by atoms with van der Waals surface area (Å²) in [6.07, 6.45) is 5.32. The molecule has 1 amide bonds. The Morgan fingerprint density at radius 2 is 2.32 bits per heavy atom. The van der Waals surface area contributed by atoms with Crippen LogP contribution in [-0.2, 0) is 0 Å². The maximum atomic E-state index is 14.1. The van der Waals surface area contributed by atoms with Gasteiger partial charge in [-0.2, -0.15) is 0 Å². The summed E-state index contributed by atoms with van der Waals surface area (Å²) in [6, 6.07) is 5.14. The Kier molecular flexibility index (Phi) is 4.55. The van der Waals surface area contributed by atoms with Crippen LogP contribution in [0.15, 0.2) is 22.7 Å². The van der Waals surface area contributed by atoms with Gasteiger partial charge in [-0.3, -0.25) is 4.79 Å². The van der Waals surface area contributed by atoms with Crippen molar-refractivity contribution in [3.63, 3.8) is 0 Å². The second kappa shape index (κ2) is 6.28. The third kappa shape index (κ3) is 3.06. The summed E-state index contributed by atoms with van der Waals surface area (Å²) in [7, 11) is 0. The van der Waals surface area contributed by atoms with E-state index in [1.54, 1.807) is 12.1 Å². The minimum Gasteiger partial charge on any atom is -0.333 e. The summed E-state index contributed by atoms with van der Waals surface area (Å²) in [5.74, 6) is -0.629. The fourth-order valence-corrected chi connectivity index (χ4v) is 4.19. The topological polar surface area (TPSA) is 32.3 Å². The van der Waals surface area contributed by atoms with Gasteiger partial charge in [0, 0.05) is 22.6 Å². The molecule has 5 heteroatoms. The molecule has 2 heterocycles. The molecule has 2 atom stereocenters. The zero-order valence-electron chi connectivity index (χ0n) is 12.9. The van der Waals surface area contributed by atoms with Crippen molar-refractivity contribution in [1.29, 1.82) is 0 Å². The SMILES string of the molecule is C[C@]1(C[C@@H]2CCCN2)CCCN1C(=O)c1ccc(Br)cc1F. The molecule has 0 unspecified atom stereocenters. The first kappa shape index (κ1) is 15.9. The van der Waals surface area contributed by atoms with Gasteiger partial charge in [0.25, 0.3) is 5.91 Å². The van der Waals surface area contributed by atoms with Crippen LogP contribution in [0.3, 0.4) is 0 Å². The first-order valence-electron chi connectivity index (χ1n) is 8.00. The Morgan fingerprint density at radius 1 is 1.50 bits per heavy atom.